The first-order valence-electron chi connectivity index (χ1n) is 45.7. The molecule has 0 aliphatic carbocycles. The highest BCUT2D eigenvalue weighted by Gasteiger charge is 2.64. The second-order valence-electron chi connectivity index (χ2n) is 36.6. The zero-order valence-electron chi connectivity index (χ0n) is 76.9. The lowest BCUT2D eigenvalue weighted by molar-refractivity contribution is -0.404. The molecule has 0 saturated carbocycles. The largest absolute Gasteiger partial charge is 0.394 e. The van der Waals surface area contributed by atoms with Crippen molar-refractivity contribution in [2.45, 2.75) is 417 Å². The molecular formula is C80H134N4O58. The van der Waals surface area contributed by atoms with Crippen LogP contribution >= 0.6 is 0 Å². The number of aliphatic hydroxyl groups is 31. The van der Waals surface area contributed by atoms with E-state index in [1.807, 2.05) is 0 Å². The molecule has 142 heavy (non-hydrogen) atoms. The Morgan fingerprint density at radius 3 is 0.859 bits per heavy atom. The van der Waals surface area contributed by atoms with Crippen LogP contribution < -0.4 is 21.3 Å². The third-order valence-electron chi connectivity index (χ3n) is 26.6. The summed E-state index contributed by atoms with van der Waals surface area (Å²) in [5.74, 6) is -4.03. The fraction of sp³-hybridized carbons (Fsp3) is 0.950. The summed E-state index contributed by atoms with van der Waals surface area (Å²) in [7, 11) is 0. The maximum atomic E-state index is 13.7. The van der Waals surface area contributed by atoms with Gasteiger partial charge in [0.1, 0.15) is 274 Å². The van der Waals surface area contributed by atoms with Gasteiger partial charge in [-0.3, -0.25) is 19.2 Å². The Kier molecular flexibility index (Phi) is 41.2. The Hall–Kier alpha value is -4.28. The van der Waals surface area contributed by atoms with Crippen molar-refractivity contribution in [3.63, 3.8) is 0 Å². The number of aliphatic hydroxyl groups excluding tert-OH is 31. The molecule has 62 nitrogen and oxygen atoms in total. The van der Waals surface area contributed by atoms with Crippen molar-refractivity contribution < 1.29 is 286 Å². The molecule has 12 heterocycles. The standard InChI is InChI=1S/C80H134N4O58/c1-17-37(96)47(106)54(113)73(122-17)120-16-32-61(45(104)33(69(119)125-32)81-20(4)92)134-70-34(82-21(5)93)46(105)60(28(12-89)130-70)135-78-59(118)66(140-80-68(53(112)43(102)27(11-88)129-80)142-72-36(84-23(7)95)65(139-77-58(117)51(110)41(100)25(9-86)127-77)63(30(14-91)132-72)137-75-56(115)49(108)39(98)19(3)124-75)44(103)31(133-78)15-121-79-67(52(111)42(101)26(10-87)128-79)141-71-35(83-22(6)94)64(138-76-57(116)50(109)40(99)24(8-85)126-76)62(29(13-90)131-71)136-74-55(114)48(107)38(97)18(2)123-74/h17-19,24-80,85-91,96-119H,8-16H2,1-7H3,(H,81,92)(H,82,93)(H,83,94)(H,84,95). The molecule has 60 unspecified atom stereocenters. The second kappa shape index (κ2) is 50.3. The molecule has 0 aromatic rings. The molecule has 62 heteroatoms. The minimum Gasteiger partial charge on any atom is -0.394 e. The molecule has 12 aliphatic rings. The van der Waals surface area contributed by atoms with Crippen LogP contribution in [0.1, 0.15) is 48.5 Å². The Balaban J connectivity index is 0.918. The van der Waals surface area contributed by atoms with Gasteiger partial charge in [0, 0.05) is 27.7 Å². The first kappa shape index (κ1) is 116. The summed E-state index contributed by atoms with van der Waals surface area (Å²) in [6.07, 6.45) is -119. The van der Waals surface area contributed by atoms with Crippen LogP contribution in [0.4, 0.5) is 0 Å². The molecule has 12 saturated heterocycles. The van der Waals surface area contributed by atoms with Gasteiger partial charge in [-0.2, -0.15) is 0 Å². The number of hydrogen-bond acceptors (Lipinski definition) is 58. The fourth-order valence-corrected chi connectivity index (χ4v) is 18.6. The van der Waals surface area contributed by atoms with E-state index in [-0.39, 0.29) is 0 Å². The zero-order valence-corrected chi connectivity index (χ0v) is 76.9. The summed E-state index contributed by atoms with van der Waals surface area (Å²) in [5.41, 5.74) is 0. The topological polar surface area (TPSA) is 956 Å². The number of carbonyl (C=O) groups excluding carboxylic acids is 4. The summed E-state index contributed by atoms with van der Waals surface area (Å²) in [6.45, 7) is -3.37. The molecule has 822 valence electrons. The molecule has 4 amide bonds. The van der Waals surface area contributed by atoms with E-state index in [1.54, 1.807) is 0 Å². The molecule has 0 spiro atoms. The number of nitrogens with one attached hydrogen (secondary N) is 4. The molecule has 12 aliphatic heterocycles. The van der Waals surface area contributed by atoms with Gasteiger partial charge in [0.05, 0.1) is 77.8 Å². The SMILES string of the molecule is CC(=O)NC1C(O)OC(COC2OC(C)C(O)C(O)C2O)C(OC2OC(CO)C(OC3OC(COC4OC(CO)C(O)C(O)C4OC4OC(CO)C(OC5OC(C)C(O)C(O)C5O)C(OC5OC(CO)C(O)C(O)C5O)C4NC(C)=O)C(O)C(OC4OC(CO)C(O)C(O)C4OC4OC(CO)C(OC5OC(C)C(O)C(O)C5O)C(OC5OC(CO)C(O)C(O)C5O)C4NC(C)=O)C3O)C(O)C2NC(C)=O)C1O. The Morgan fingerprint density at radius 1 is 0.197 bits per heavy atom. The van der Waals surface area contributed by atoms with E-state index >= 15 is 0 Å². The number of ether oxygens (including phenoxy) is 23. The molecular weight excluding hydrogens is 1940 g/mol. The minimum atomic E-state index is -2.74. The second-order valence-corrected chi connectivity index (χ2v) is 36.6. The number of hydrogen-bond donors (Lipinski definition) is 35. The van der Waals surface area contributed by atoms with Crippen LogP contribution in [-0.2, 0) is 128 Å². The van der Waals surface area contributed by atoms with Crippen LogP contribution in [0.3, 0.4) is 0 Å². The lowest BCUT2D eigenvalue weighted by Crippen LogP contribution is -2.71. The zero-order chi connectivity index (χ0) is 104. The summed E-state index contributed by atoms with van der Waals surface area (Å²) in [6, 6.07) is -8.13. The third kappa shape index (κ3) is 25.4. The van der Waals surface area contributed by atoms with E-state index in [4.69, 9.17) is 109 Å². The van der Waals surface area contributed by atoms with Crippen molar-refractivity contribution in [3.05, 3.63) is 0 Å². The van der Waals surface area contributed by atoms with Gasteiger partial charge in [-0.05, 0) is 20.8 Å². The van der Waals surface area contributed by atoms with E-state index < -0.39 is 451 Å². The van der Waals surface area contributed by atoms with E-state index in [2.05, 4.69) is 21.3 Å². The van der Waals surface area contributed by atoms with Crippen LogP contribution in [0.2, 0.25) is 0 Å². The molecule has 12 rings (SSSR count). The van der Waals surface area contributed by atoms with E-state index in [1.165, 1.54) is 20.8 Å². The van der Waals surface area contributed by atoms with Gasteiger partial charge in [0.2, 0.25) is 23.6 Å². The highest BCUT2D eigenvalue weighted by Crippen LogP contribution is 2.43. The first-order chi connectivity index (χ1) is 67.1. The van der Waals surface area contributed by atoms with Crippen molar-refractivity contribution in [1.29, 1.82) is 0 Å². The van der Waals surface area contributed by atoms with Gasteiger partial charge < -0.3 is 289 Å². The lowest BCUT2D eigenvalue weighted by Gasteiger charge is -2.52. The molecule has 0 bridgehead atoms. The number of amides is 4. The Labute approximate surface area is 805 Å². The van der Waals surface area contributed by atoms with Crippen molar-refractivity contribution in [1.82, 2.24) is 21.3 Å². The quantitative estimate of drug-likeness (QED) is 0.0280. The maximum absolute atomic E-state index is 13.7. The van der Waals surface area contributed by atoms with Gasteiger partial charge in [-0.1, -0.05) is 0 Å². The Morgan fingerprint density at radius 2 is 0.451 bits per heavy atom. The Bertz CT molecular complexity index is 3940. The van der Waals surface area contributed by atoms with Gasteiger partial charge in [-0.15, -0.1) is 0 Å². The lowest BCUT2D eigenvalue weighted by atomic mass is 9.93. The first-order valence-corrected chi connectivity index (χ1v) is 45.7. The summed E-state index contributed by atoms with van der Waals surface area (Å²) >= 11 is 0. The number of carbonyl (C=O) groups is 4. The normalized spacial score (nSPS) is 50.9. The van der Waals surface area contributed by atoms with Crippen molar-refractivity contribution >= 4 is 23.6 Å². The highest BCUT2D eigenvalue weighted by molar-refractivity contribution is 5.74. The predicted octanol–water partition coefficient (Wildman–Crippen LogP) is -23.5. The van der Waals surface area contributed by atoms with Crippen LogP contribution in [0.5, 0.6) is 0 Å². The van der Waals surface area contributed by atoms with Crippen LogP contribution in [-0.4, -0.2) is 610 Å². The van der Waals surface area contributed by atoms with Crippen molar-refractivity contribution in [2.24, 2.45) is 0 Å². The monoisotopic (exact) mass is 2080 g/mol. The molecule has 12 fully saturated rings. The van der Waals surface area contributed by atoms with E-state index in [0.717, 1.165) is 27.7 Å². The van der Waals surface area contributed by atoms with Crippen molar-refractivity contribution in [3.8, 4) is 0 Å². The van der Waals surface area contributed by atoms with Crippen molar-refractivity contribution in [2.75, 3.05) is 59.5 Å². The maximum Gasteiger partial charge on any atom is 0.217 e. The minimum absolute atomic E-state index is 0.875. The summed E-state index contributed by atoms with van der Waals surface area (Å²) < 4.78 is 140. The summed E-state index contributed by atoms with van der Waals surface area (Å²) in [5, 5.41) is 360. The summed E-state index contributed by atoms with van der Waals surface area (Å²) in [4.78, 5) is 53.3. The van der Waals surface area contributed by atoms with Crippen LogP contribution in [0, 0.1) is 0 Å². The number of rotatable bonds is 35. The highest BCUT2D eigenvalue weighted by atomic mass is 16.8. The molecule has 0 aromatic carbocycles. The molecule has 0 aromatic heterocycles. The average molecular weight is 2080 g/mol. The van der Waals surface area contributed by atoms with Gasteiger partial charge in [0.15, 0.2) is 75.5 Å². The van der Waals surface area contributed by atoms with E-state index in [0.29, 0.717) is 0 Å². The third-order valence-corrected chi connectivity index (χ3v) is 26.6. The fourth-order valence-electron chi connectivity index (χ4n) is 18.6. The molecule has 35 N–H and O–H groups in total. The van der Waals surface area contributed by atoms with Crippen LogP contribution in [0.15, 0.2) is 0 Å². The van der Waals surface area contributed by atoms with Crippen LogP contribution in [0.25, 0.3) is 0 Å². The van der Waals surface area contributed by atoms with Gasteiger partial charge in [-0.25, -0.2) is 0 Å². The van der Waals surface area contributed by atoms with Gasteiger partial charge >= 0.3 is 0 Å². The molecule has 0 radical (unpaired) electrons. The average Bonchev–Trinajstić information content (AvgIpc) is 0.760. The molecule has 60 atom stereocenters. The van der Waals surface area contributed by atoms with E-state index in [9.17, 15) is 177 Å². The predicted molar refractivity (Wildman–Crippen MR) is 437 cm³/mol. The van der Waals surface area contributed by atoms with Gasteiger partial charge in [0.25, 0.3) is 0 Å². The smallest absolute Gasteiger partial charge is 0.217 e.